The lowest BCUT2D eigenvalue weighted by Crippen LogP contribution is -2.38. The van der Waals surface area contributed by atoms with E-state index < -0.39 is 0 Å². The highest BCUT2D eigenvalue weighted by Crippen LogP contribution is 2.28. The van der Waals surface area contributed by atoms with Gasteiger partial charge in [0.15, 0.2) is 0 Å². The molecule has 100 valence electrons. The van der Waals surface area contributed by atoms with E-state index in [0.29, 0.717) is 6.04 Å². The van der Waals surface area contributed by atoms with E-state index in [-0.39, 0.29) is 0 Å². The molecule has 17 heavy (non-hydrogen) atoms. The van der Waals surface area contributed by atoms with E-state index >= 15 is 0 Å². The SMILES string of the molecule is CC1CN(CC(N)CC2CCCCC2)CC1C. The van der Waals surface area contributed by atoms with Gasteiger partial charge < -0.3 is 10.6 Å². The van der Waals surface area contributed by atoms with Gasteiger partial charge in [-0.3, -0.25) is 0 Å². The van der Waals surface area contributed by atoms with Gasteiger partial charge in [0.05, 0.1) is 0 Å². The van der Waals surface area contributed by atoms with Gasteiger partial charge in [-0.2, -0.15) is 0 Å². The van der Waals surface area contributed by atoms with Crippen LogP contribution in [-0.4, -0.2) is 30.6 Å². The Kier molecular flexibility index (Phi) is 4.87. The molecule has 3 unspecified atom stereocenters. The van der Waals surface area contributed by atoms with Crippen LogP contribution in [0.2, 0.25) is 0 Å². The maximum Gasteiger partial charge on any atom is 0.0170 e. The zero-order chi connectivity index (χ0) is 12.3. The van der Waals surface area contributed by atoms with E-state index in [0.717, 1.165) is 24.3 Å². The molecule has 0 aromatic rings. The molecule has 1 heterocycles. The maximum atomic E-state index is 6.33. The molecule has 2 fully saturated rings. The van der Waals surface area contributed by atoms with Crippen molar-refractivity contribution in [2.75, 3.05) is 19.6 Å². The molecule has 2 heteroatoms. The van der Waals surface area contributed by atoms with Crippen molar-refractivity contribution in [1.82, 2.24) is 4.90 Å². The van der Waals surface area contributed by atoms with Crippen LogP contribution in [0.1, 0.15) is 52.4 Å². The number of hydrogen-bond donors (Lipinski definition) is 1. The maximum absolute atomic E-state index is 6.33. The fourth-order valence-corrected chi connectivity index (χ4v) is 3.66. The fraction of sp³-hybridized carbons (Fsp3) is 1.00. The van der Waals surface area contributed by atoms with Gasteiger partial charge in [0.25, 0.3) is 0 Å². The molecule has 1 saturated carbocycles. The first-order chi connectivity index (χ1) is 8.15. The summed E-state index contributed by atoms with van der Waals surface area (Å²) < 4.78 is 0. The Balaban J connectivity index is 1.68. The molecule has 2 N–H and O–H groups in total. The average molecular weight is 238 g/mol. The van der Waals surface area contributed by atoms with Gasteiger partial charge in [-0.05, 0) is 24.2 Å². The zero-order valence-electron chi connectivity index (χ0n) is 11.7. The van der Waals surface area contributed by atoms with Crippen LogP contribution in [0.4, 0.5) is 0 Å². The minimum Gasteiger partial charge on any atom is -0.327 e. The van der Waals surface area contributed by atoms with Gasteiger partial charge in [-0.1, -0.05) is 46.0 Å². The van der Waals surface area contributed by atoms with Crippen molar-refractivity contribution in [2.24, 2.45) is 23.5 Å². The summed E-state index contributed by atoms with van der Waals surface area (Å²) in [7, 11) is 0. The normalized spacial score (nSPS) is 34.1. The van der Waals surface area contributed by atoms with Crippen molar-refractivity contribution in [1.29, 1.82) is 0 Å². The summed E-state index contributed by atoms with van der Waals surface area (Å²) in [5.74, 6) is 2.64. The summed E-state index contributed by atoms with van der Waals surface area (Å²) in [6.45, 7) is 8.40. The molecule has 2 nitrogen and oxygen atoms in total. The van der Waals surface area contributed by atoms with E-state index in [1.165, 1.54) is 51.6 Å². The molecular weight excluding hydrogens is 208 g/mol. The average Bonchev–Trinajstić information content (AvgIpc) is 2.59. The van der Waals surface area contributed by atoms with Gasteiger partial charge in [0.1, 0.15) is 0 Å². The molecule has 0 spiro atoms. The molecule has 1 aliphatic heterocycles. The first-order valence-corrected chi connectivity index (χ1v) is 7.63. The summed E-state index contributed by atoms with van der Waals surface area (Å²) in [5, 5.41) is 0. The second-order valence-corrected chi connectivity index (χ2v) is 6.67. The summed E-state index contributed by atoms with van der Waals surface area (Å²) in [6, 6.07) is 0.413. The van der Waals surface area contributed by atoms with Gasteiger partial charge >= 0.3 is 0 Å². The predicted octanol–water partition coefficient (Wildman–Crippen LogP) is 2.87. The topological polar surface area (TPSA) is 29.3 Å². The molecule has 0 aromatic carbocycles. The van der Waals surface area contributed by atoms with Gasteiger partial charge in [-0.25, -0.2) is 0 Å². The minimum absolute atomic E-state index is 0.413. The predicted molar refractivity (Wildman–Crippen MR) is 73.9 cm³/mol. The fourth-order valence-electron chi connectivity index (χ4n) is 3.66. The van der Waals surface area contributed by atoms with E-state index in [4.69, 9.17) is 5.73 Å². The van der Waals surface area contributed by atoms with E-state index in [1.807, 2.05) is 0 Å². The molecule has 0 bridgehead atoms. The summed E-state index contributed by atoms with van der Waals surface area (Å²) in [5.41, 5.74) is 6.33. The van der Waals surface area contributed by atoms with Crippen molar-refractivity contribution in [3.63, 3.8) is 0 Å². The molecule has 2 rings (SSSR count). The van der Waals surface area contributed by atoms with Crippen LogP contribution in [0, 0.1) is 17.8 Å². The van der Waals surface area contributed by atoms with Crippen molar-refractivity contribution < 1.29 is 0 Å². The lowest BCUT2D eigenvalue weighted by atomic mass is 9.85. The first-order valence-electron chi connectivity index (χ1n) is 7.63. The Hall–Kier alpha value is -0.0800. The smallest absolute Gasteiger partial charge is 0.0170 e. The highest BCUT2D eigenvalue weighted by atomic mass is 15.2. The Morgan fingerprint density at radius 3 is 2.24 bits per heavy atom. The van der Waals surface area contributed by atoms with Crippen molar-refractivity contribution >= 4 is 0 Å². The highest BCUT2D eigenvalue weighted by Gasteiger charge is 2.27. The monoisotopic (exact) mass is 238 g/mol. The second-order valence-electron chi connectivity index (χ2n) is 6.67. The Labute approximate surface area is 107 Å². The van der Waals surface area contributed by atoms with Gasteiger partial charge in [0, 0.05) is 25.7 Å². The zero-order valence-corrected chi connectivity index (χ0v) is 11.7. The van der Waals surface area contributed by atoms with Crippen LogP contribution in [0.15, 0.2) is 0 Å². The van der Waals surface area contributed by atoms with Crippen molar-refractivity contribution in [3.8, 4) is 0 Å². The molecule has 2 aliphatic rings. The molecular formula is C15H30N2. The first kappa shape index (κ1) is 13.4. The Morgan fingerprint density at radius 1 is 1.06 bits per heavy atom. The highest BCUT2D eigenvalue weighted by molar-refractivity contribution is 4.82. The molecule has 3 atom stereocenters. The molecule has 0 aromatic heterocycles. The lowest BCUT2D eigenvalue weighted by molar-refractivity contribution is 0.256. The second kappa shape index (κ2) is 6.19. The largest absolute Gasteiger partial charge is 0.327 e. The molecule has 0 radical (unpaired) electrons. The number of hydrogen-bond acceptors (Lipinski definition) is 2. The van der Waals surface area contributed by atoms with Crippen LogP contribution in [0.3, 0.4) is 0 Å². The molecule has 0 amide bonds. The Morgan fingerprint density at radius 2 is 1.65 bits per heavy atom. The van der Waals surface area contributed by atoms with Gasteiger partial charge in [-0.15, -0.1) is 0 Å². The van der Waals surface area contributed by atoms with Crippen LogP contribution in [0.5, 0.6) is 0 Å². The molecule has 1 aliphatic carbocycles. The summed E-state index contributed by atoms with van der Waals surface area (Å²) in [6.07, 6.45) is 8.46. The number of nitrogens with zero attached hydrogens (tertiary/aromatic N) is 1. The van der Waals surface area contributed by atoms with Crippen LogP contribution in [0.25, 0.3) is 0 Å². The van der Waals surface area contributed by atoms with Gasteiger partial charge in [0.2, 0.25) is 0 Å². The number of rotatable bonds is 4. The van der Waals surface area contributed by atoms with E-state index in [9.17, 15) is 0 Å². The summed E-state index contributed by atoms with van der Waals surface area (Å²) in [4.78, 5) is 2.59. The number of likely N-dealkylation sites (tertiary alicyclic amines) is 1. The van der Waals surface area contributed by atoms with E-state index in [1.54, 1.807) is 0 Å². The van der Waals surface area contributed by atoms with Crippen molar-refractivity contribution in [3.05, 3.63) is 0 Å². The third-order valence-electron chi connectivity index (χ3n) is 4.92. The molecule has 1 saturated heterocycles. The quantitative estimate of drug-likeness (QED) is 0.816. The standard InChI is InChI=1S/C15H30N2/c1-12-9-17(10-13(12)2)11-15(16)8-14-6-4-3-5-7-14/h12-15H,3-11,16H2,1-2H3. The minimum atomic E-state index is 0.413. The van der Waals surface area contributed by atoms with Crippen LogP contribution in [-0.2, 0) is 0 Å². The Bertz CT molecular complexity index is 213. The van der Waals surface area contributed by atoms with Crippen LogP contribution < -0.4 is 5.73 Å². The summed E-state index contributed by atoms with van der Waals surface area (Å²) >= 11 is 0. The van der Waals surface area contributed by atoms with E-state index in [2.05, 4.69) is 18.7 Å². The lowest BCUT2D eigenvalue weighted by Gasteiger charge is -2.27. The third-order valence-corrected chi connectivity index (χ3v) is 4.92. The number of nitrogens with two attached hydrogens (primary N) is 1. The third kappa shape index (κ3) is 3.96. The van der Waals surface area contributed by atoms with Crippen LogP contribution >= 0.6 is 0 Å². The van der Waals surface area contributed by atoms with Crippen molar-refractivity contribution in [2.45, 2.75) is 58.4 Å².